The van der Waals surface area contributed by atoms with Crippen molar-refractivity contribution >= 4 is 39.4 Å². The molecule has 0 aromatic carbocycles. The van der Waals surface area contributed by atoms with E-state index in [1.165, 1.54) is 29.7 Å². The van der Waals surface area contributed by atoms with Crippen molar-refractivity contribution in [2.45, 2.75) is 49.7 Å². The molecule has 4 aromatic rings. The first-order chi connectivity index (χ1) is 17.2. The SMILES string of the molecule is CSc1ccc(-c2ccc3nc(OC(C)C4CCN(c5ncc(C6CC6)cn5)CC4)sc3n2)cn1. The Bertz CT molecular complexity index is 1300. The van der Waals surface area contributed by atoms with Gasteiger partial charge in [0.15, 0.2) is 0 Å². The minimum Gasteiger partial charge on any atom is -0.467 e. The maximum Gasteiger partial charge on any atom is 0.276 e. The first-order valence-electron chi connectivity index (χ1n) is 12.2. The van der Waals surface area contributed by atoms with Crippen molar-refractivity contribution in [1.29, 1.82) is 0 Å². The molecule has 35 heavy (non-hydrogen) atoms. The zero-order valence-electron chi connectivity index (χ0n) is 19.9. The third-order valence-corrected chi connectivity index (χ3v) is 8.47. The molecule has 1 atom stereocenters. The highest BCUT2D eigenvalue weighted by molar-refractivity contribution is 7.98. The van der Waals surface area contributed by atoms with Crippen molar-refractivity contribution in [1.82, 2.24) is 24.9 Å². The van der Waals surface area contributed by atoms with E-state index in [0.717, 1.165) is 58.5 Å². The Morgan fingerprint density at radius 1 is 0.971 bits per heavy atom. The van der Waals surface area contributed by atoms with Crippen LogP contribution in [0.3, 0.4) is 0 Å². The standard InChI is InChI=1S/C26H28N6OS2/c1-16(17-9-11-32(12-10-17)25-28-14-20(15-29-25)18-3-4-18)33-26-31-22-7-6-21(30-24(22)35-26)19-5-8-23(34-2)27-13-19/h5-8,13-18H,3-4,9-12H2,1-2H3. The Hall–Kier alpha value is -2.78. The van der Waals surface area contributed by atoms with Gasteiger partial charge >= 0.3 is 0 Å². The van der Waals surface area contributed by atoms with Gasteiger partial charge in [0, 0.05) is 37.2 Å². The van der Waals surface area contributed by atoms with Crippen LogP contribution in [0, 0.1) is 5.92 Å². The van der Waals surface area contributed by atoms with E-state index >= 15 is 0 Å². The minimum absolute atomic E-state index is 0.0960. The van der Waals surface area contributed by atoms with Crippen LogP contribution in [0.25, 0.3) is 21.6 Å². The van der Waals surface area contributed by atoms with E-state index in [0.29, 0.717) is 17.0 Å². The third-order valence-electron chi connectivity index (χ3n) is 6.96. The number of hydrogen-bond acceptors (Lipinski definition) is 9. The molecule has 2 aliphatic rings. The number of nitrogens with zero attached hydrogens (tertiary/aromatic N) is 6. The van der Waals surface area contributed by atoms with Crippen molar-refractivity contribution in [2.75, 3.05) is 24.2 Å². The van der Waals surface area contributed by atoms with Crippen LogP contribution in [0.5, 0.6) is 5.19 Å². The zero-order chi connectivity index (χ0) is 23.8. The van der Waals surface area contributed by atoms with Crippen molar-refractivity contribution in [3.63, 3.8) is 0 Å². The summed E-state index contributed by atoms with van der Waals surface area (Å²) in [6, 6.07) is 8.10. The summed E-state index contributed by atoms with van der Waals surface area (Å²) in [7, 11) is 0. The molecule has 5 heterocycles. The van der Waals surface area contributed by atoms with E-state index < -0.39 is 0 Å². The molecular weight excluding hydrogens is 476 g/mol. The lowest BCUT2D eigenvalue weighted by Crippen LogP contribution is -2.39. The highest BCUT2D eigenvalue weighted by Crippen LogP contribution is 2.39. The van der Waals surface area contributed by atoms with Gasteiger partial charge < -0.3 is 9.64 Å². The number of fused-ring (bicyclic) bond motifs is 1. The molecule has 2 fully saturated rings. The Kier molecular flexibility index (Phi) is 6.28. The molecule has 1 aliphatic heterocycles. The lowest BCUT2D eigenvalue weighted by molar-refractivity contribution is 0.132. The second-order valence-corrected chi connectivity index (χ2v) is 11.1. The molecule has 7 nitrogen and oxygen atoms in total. The highest BCUT2D eigenvalue weighted by Gasteiger charge is 2.28. The van der Waals surface area contributed by atoms with Gasteiger partial charge in [0.1, 0.15) is 16.5 Å². The van der Waals surface area contributed by atoms with E-state index in [2.05, 4.69) is 37.8 Å². The fourth-order valence-electron chi connectivity index (χ4n) is 4.61. The van der Waals surface area contributed by atoms with Crippen LogP contribution in [-0.2, 0) is 0 Å². The lowest BCUT2D eigenvalue weighted by atomic mass is 9.92. The molecule has 6 rings (SSSR count). The predicted molar refractivity (Wildman–Crippen MR) is 141 cm³/mol. The van der Waals surface area contributed by atoms with Gasteiger partial charge in [-0.15, -0.1) is 11.8 Å². The van der Waals surface area contributed by atoms with Crippen molar-refractivity contribution < 1.29 is 4.74 Å². The largest absolute Gasteiger partial charge is 0.467 e. The molecule has 1 aliphatic carbocycles. The monoisotopic (exact) mass is 504 g/mol. The number of thiazole rings is 1. The van der Waals surface area contributed by atoms with Crippen LogP contribution in [0.15, 0.2) is 47.9 Å². The summed E-state index contributed by atoms with van der Waals surface area (Å²) in [5, 5.41) is 1.69. The zero-order valence-corrected chi connectivity index (χ0v) is 21.6. The summed E-state index contributed by atoms with van der Waals surface area (Å²) in [6.45, 7) is 4.07. The molecule has 0 N–H and O–H groups in total. The van der Waals surface area contributed by atoms with E-state index in [1.807, 2.05) is 43.0 Å². The van der Waals surface area contributed by atoms with E-state index in [-0.39, 0.29) is 6.10 Å². The van der Waals surface area contributed by atoms with Gasteiger partial charge in [-0.25, -0.2) is 24.9 Å². The third kappa shape index (κ3) is 4.97. The number of rotatable bonds is 7. The van der Waals surface area contributed by atoms with Crippen molar-refractivity contribution in [3.8, 4) is 16.5 Å². The van der Waals surface area contributed by atoms with E-state index in [1.54, 1.807) is 11.8 Å². The Labute approximate surface area is 213 Å². The second kappa shape index (κ2) is 9.70. The van der Waals surface area contributed by atoms with Gasteiger partial charge in [0.25, 0.3) is 5.19 Å². The number of pyridine rings is 2. The average Bonchev–Trinajstić information content (AvgIpc) is 3.68. The molecule has 1 unspecified atom stereocenters. The summed E-state index contributed by atoms with van der Waals surface area (Å²) in [6.07, 6.45) is 12.7. The molecule has 180 valence electrons. The number of thioether (sulfide) groups is 1. The van der Waals surface area contributed by atoms with Crippen molar-refractivity contribution in [3.05, 3.63) is 48.4 Å². The van der Waals surface area contributed by atoms with Crippen LogP contribution >= 0.6 is 23.1 Å². The van der Waals surface area contributed by atoms with Gasteiger partial charge in [-0.2, -0.15) is 0 Å². The van der Waals surface area contributed by atoms with Gasteiger partial charge in [-0.3, -0.25) is 0 Å². The summed E-state index contributed by atoms with van der Waals surface area (Å²) in [4.78, 5) is 26.4. The first kappa shape index (κ1) is 22.7. The van der Waals surface area contributed by atoms with Crippen LogP contribution in [0.1, 0.15) is 44.1 Å². The van der Waals surface area contributed by atoms with Crippen molar-refractivity contribution in [2.24, 2.45) is 5.92 Å². The summed E-state index contributed by atoms with van der Waals surface area (Å²) < 4.78 is 6.31. The van der Waals surface area contributed by atoms with Gasteiger partial charge in [-0.1, -0.05) is 11.3 Å². The summed E-state index contributed by atoms with van der Waals surface area (Å²) in [5.74, 6) is 2.03. The molecule has 1 saturated carbocycles. The van der Waals surface area contributed by atoms with Crippen LogP contribution in [0.4, 0.5) is 5.95 Å². The fourth-order valence-corrected chi connectivity index (χ4v) is 5.84. The van der Waals surface area contributed by atoms with Crippen LogP contribution in [-0.4, -0.2) is 50.4 Å². The highest BCUT2D eigenvalue weighted by atomic mass is 32.2. The normalized spacial score (nSPS) is 17.6. The fraction of sp³-hybridized carbons (Fsp3) is 0.423. The maximum absolute atomic E-state index is 6.31. The number of piperidine rings is 1. The molecular formula is C26H28N6OS2. The molecule has 9 heteroatoms. The number of hydrogen-bond donors (Lipinski definition) is 0. The molecule has 4 aromatic heterocycles. The average molecular weight is 505 g/mol. The summed E-state index contributed by atoms with van der Waals surface area (Å²) in [5.41, 5.74) is 4.07. The predicted octanol–water partition coefficient (Wildman–Crippen LogP) is 5.83. The molecule has 0 bridgehead atoms. The molecule has 0 spiro atoms. The maximum atomic E-state index is 6.31. The molecule has 0 radical (unpaired) electrons. The second-order valence-electron chi connectivity index (χ2n) is 9.33. The number of ether oxygens (including phenoxy) is 1. The van der Waals surface area contributed by atoms with Gasteiger partial charge in [0.05, 0.1) is 10.7 Å². The van der Waals surface area contributed by atoms with Gasteiger partial charge in [-0.05, 0) is 80.5 Å². The number of aromatic nitrogens is 5. The summed E-state index contributed by atoms with van der Waals surface area (Å²) >= 11 is 3.15. The Balaban J connectivity index is 1.07. The van der Waals surface area contributed by atoms with Gasteiger partial charge in [0.2, 0.25) is 5.95 Å². The minimum atomic E-state index is 0.0960. The van der Waals surface area contributed by atoms with E-state index in [4.69, 9.17) is 9.72 Å². The quantitative estimate of drug-likeness (QED) is 0.291. The molecule has 1 saturated heterocycles. The molecule has 0 amide bonds. The smallest absolute Gasteiger partial charge is 0.276 e. The Morgan fingerprint density at radius 2 is 1.77 bits per heavy atom. The number of anilines is 1. The lowest BCUT2D eigenvalue weighted by Gasteiger charge is -2.34. The first-order valence-corrected chi connectivity index (χ1v) is 14.2. The topological polar surface area (TPSA) is 76.9 Å². The Morgan fingerprint density at radius 3 is 2.46 bits per heavy atom. The van der Waals surface area contributed by atoms with E-state index in [9.17, 15) is 0 Å². The van der Waals surface area contributed by atoms with Crippen LogP contribution < -0.4 is 9.64 Å². The van der Waals surface area contributed by atoms with Crippen LogP contribution in [0.2, 0.25) is 0 Å².